The zero-order valence-corrected chi connectivity index (χ0v) is 19.7. The van der Waals surface area contributed by atoms with Gasteiger partial charge >= 0.3 is 0 Å². The Balaban J connectivity index is 1.25. The first kappa shape index (κ1) is 22.7. The van der Waals surface area contributed by atoms with Crippen molar-refractivity contribution in [1.29, 1.82) is 0 Å². The van der Waals surface area contributed by atoms with E-state index in [9.17, 15) is 4.79 Å². The fraction of sp³-hybridized carbons (Fsp3) is 0.429. The summed E-state index contributed by atoms with van der Waals surface area (Å²) < 4.78 is 16.6. The largest absolute Gasteiger partial charge is 0.497 e. The predicted octanol–water partition coefficient (Wildman–Crippen LogP) is 3.54. The fourth-order valence-corrected chi connectivity index (χ4v) is 4.76. The first-order valence-corrected chi connectivity index (χ1v) is 12.1. The topological polar surface area (TPSA) is 103 Å². The summed E-state index contributed by atoms with van der Waals surface area (Å²) in [6.07, 6.45) is 0.423. The quantitative estimate of drug-likeness (QED) is 0.490. The molecule has 32 heavy (non-hydrogen) atoms. The van der Waals surface area contributed by atoms with Crippen LogP contribution in [0, 0.1) is 0 Å². The number of thiazole rings is 1. The highest BCUT2D eigenvalue weighted by Crippen LogP contribution is 2.25. The van der Waals surface area contributed by atoms with Crippen molar-refractivity contribution in [3.8, 4) is 17.2 Å². The molecule has 0 saturated carbocycles. The third-order valence-electron chi connectivity index (χ3n) is 4.75. The Morgan fingerprint density at radius 1 is 1.25 bits per heavy atom. The minimum atomic E-state index is -0.172. The van der Waals surface area contributed by atoms with Gasteiger partial charge in [-0.15, -0.1) is 21.5 Å². The second-order valence-corrected chi connectivity index (χ2v) is 9.32. The molecule has 4 rings (SSSR count). The zero-order chi connectivity index (χ0) is 22.5. The molecular weight excluding hydrogens is 450 g/mol. The maximum atomic E-state index is 12.3. The molecule has 1 N–H and O–H groups in total. The molecule has 1 aliphatic rings. The molecule has 2 unspecified atom stereocenters. The fourth-order valence-electron chi connectivity index (χ4n) is 3.48. The molecule has 1 aliphatic heterocycles. The van der Waals surface area contributed by atoms with Gasteiger partial charge < -0.3 is 19.2 Å². The molecule has 170 valence electrons. The van der Waals surface area contributed by atoms with Crippen LogP contribution in [0.3, 0.4) is 0 Å². The number of nitrogens with one attached hydrogen (secondary N) is 1. The summed E-state index contributed by atoms with van der Waals surface area (Å²) in [5.74, 6) is 1.12. The van der Waals surface area contributed by atoms with Crippen molar-refractivity contribution in [3.05, 3.63) is 35.3 Å². The monoisotopic (exact) mass is 475 g/mol. The summed E-state index contributed by atoms with van der Waals surface area (Å²) in [6, 6.07) is 7.32. The number of thioether (sulfide) groups is 1. The van der Waals surface area contributed by atoms with Crippen molar-refractivity contribution in [2.75, 3.05) is 31.3 Å². The van der Waals surface area contributed by atoms with Gasteiger partial charge in [0.15, 0.2) is 5.13 Å². The number of carbonyl (C=O) groups is 1. The first-order valence-electron chi connectivity index (χ1n) is 10.2. The predicted molar refractivity (Wildman–Crippen MR) is 123 cm³/mol. The SMILES string of the molecule is COc1ccc(-c2nnc(SCC(=O)Nc3nc(CN4CC(C)OC(C)C4)cs3)o2)cc1. The lowest BCUT2D eigenvalue weighted by Gasteiger charge is -2.34. The molecule has 1 fully saturated rings. The van der Waals surface area contributed by atoms with Crippen LogP contribution in [0.15, 0.2) is 39.3 Å². The highest BCUT2D eigenvalue weighted by atomic mass is 32.2. The molecule has 2 atom stereocenters. The summed E-state index contributed by atoms with van der Waals surface area (Å²) in [5, 5.41) is 13.8. The van der Waals surface area contributed by atoms with Gasteiger partial charge in [-0.05, 0) is 38.1 Å². The van der Waals surface area contributed by atoms with Crippen molar-refractivity contribution in [3.63, 3.8) is 0 Å². The van der Waals surface area contributed by atoms with Crippen LogP contribution in [-0.2, 0) is 16.1 Å². The van der Waals surface area contributed by atoms with Crippen LogP contribution < -0.4 is 10.1 Å². The summed E-state index contributed by atoms with van der Waals surface area (Å²) in [7, 11) is 1.61. The smallest absolute Gasteiger partial charge is 0.277 e. The lowest BCUT2D eigenvalue weighted by atomic mass is 10.2. The number of nitrogens with zero attached hydrogens (tertiary/aromatic N) is 4. The first-order chi connectivity index (χ1) is 15.5. The minimum absolute atomic E-state index is 0.150. The van der Waals surface area contributed by atoms with E-state index >= 15 is 0 Å². The van der Waals surface area contributed by atoms with Crippen LogP contribution in [0.5, 0.6) is 5.75 Å². The van der Waals surface area contributed by atoms with Crippen molar-refractivity contribution >= 4 is 34.1 Å². The minimum Gasteiger partial charge on any atom is -0.497 e. The van der Waals surface area contributed by atoms with Crippen LogP contribution in [0.2, 0.25) is 0 Å². The van der Waals surface area contributed by atoms with Gasteiger partial charge in [0.05, 0.1) is 30.8 Å². The molecule has 0 spiro atoms. The van der Waals surface area contributed by atoms with E-state index in [1.54, 1.807) is 7.11 Å². The van der Waals surface area contributed by atoms with Crippen LogP contribution in [0.4, 0.5) is 5.13 Å². The van der Waals surface area contributed by atoms with Crippen LogP contribution in [0.25, 0.3) is 11.5 Å². The Morgan fingerprint density at radius 3 is 2.72 bits per heavy atom. The van der Waals surface area contributed by atoms with E-state index in [-0.39, 0.29) is 23.9 Å². The Kier molecular flexibility index (Phi) is 7.40. The summed E-state index contributed by atoms with van der Waals surface area (Å²) in [4.78, 5) is 19.2. The van der Waals surface area contributed by atoms with E-state index < -0.39 is 0 Å². The molecule has 3 heterocycles. The number of hydrogen-bond donors (Lipinski definition) is 1. The van der Waals surface area contributed by atoms with Crippen LogP contribution in [0.1, 0.15) is 19.5 Å². The maximum absolute atomic E-state index is 12.3. The van der Waals surface area contributed by atoms with E-state index in [4.69, 9.17) is 13.9 Å². The maximum Gasteiger partial charge on any atom is 0.277 e. The standard InChI is InChI=1S/C21H25N5O4S2/c1-13-8-26(9-14(2)29-13)10-16-11-31-20(22-16)23-18(27)12-32-21-25-24-19(30-21)15-4-6-17(28-3)7-5-15/h4-7,11,13-14H,8-10,12H2,1-3H3,(H,22,23,27). The molecule has 0 bridgehead atoms. The molecule has 11 heteroatoms. The molecular formula is C21H25N5O4S2. The molecule has 2 aromatic heterocycles. The average Bonchev–Trinajstić information content (AvgIpc) is 3.41. The van der Waals surface area contributed by atoms with Gasteiger partial charge in [0.1, 0.15) is 5.75 Å². The highest BCUT2D eigenvalue weighted by molar-refractivity contribution is 7.99. The lowest BCUT2D eigenvalue weighted by molar-refractivity contribution is -0.113. The van der Waals surface area contributed by atoms with Gasteiger partial charge in [0.2, 0.25) is 11.8 Å². The molecule has 0 aliphatic carbocycles. The molecule has 9 nitrogen and oxygen atoms in total. The summed E-state index contributed by atoms with van der Waals surface area (Å²) in [6.45, 7) is 6.66. The van der Waals surface area contributed by atoms with Gasteiger partial charge in [-0.25, -0.2) is 4.98 Å². The molecule has 1 aromatic carbocycles. The number of anilines is 1. The number of benzene rings is 1. The second kappa shape index (κ2) is 10.4. The highest BCUT2D eigenvalue weighted by Gasteiger charge is 2.23. The average molecular weight is 476 g/mol. The van der Waals surface area contributed by atoms with E-state index in [0.29, 0.717) is 16.2 Å². The number of methoxy groups -OCH3 is 1. The van der Waals surface area contributed by atoms with E-state index in [1.165, 1.54) is 23.1 Å². The number of morpholine rings is 1. The van der Waals surface area contributed by atoms with Crippen LogP contribution in [-0.4, -0.2) is 64.1 Å². The van der Waals surface area contributed by atoms with Crippen molar-refractivity contribution < 1.29 is 18.7 Å². The number of rotatable bonds is 8. The number of hydrogen-bond acceptors (Lipinski definition) is 10. The van der Waals surface area contributed by atoms with E-state index in [0.717, 1.165) is 36.6 Å². The van der Waals surface area contributed by atoms with E-state index in [1.807, 2.05) is 29.6 Å². The normalized spacial score (nSPS) is 19.1. The van der Waals surface area contributed by atoms with Gasteiger partial charge in [-0.1, -0.05) is 11.8 Å². The van der Waals surface area contributed by atoms with Gasteiger partial charge in [0, 0.05) is 30.6 Å². The number of aromatic nitrogens is 3. The molecule has 1 amide bonds. The Hall–Kier alpha value is -2.47. The zero-order valence-electron chi connectivity index (χ0n) is 18.1. The van der Waals surface area contributed by atoms with Crippen molar-refractivity contribution in [2.45, 2.75) is 37.8 Å². The second-order valence-electron chi connectivity index (χ2n) is 7.53. The Labute approximate surface area is 194 Å². The number of carbonyl (C=O) groups excluding carboxylic acids is 1. The molecule has 1 saturated heterocycles. The van der Waals surface area contributed by atoms with Crippen molar-refractivity contribution in [1.82, 2.24) is 20.1 Å². The van der Waals surface area contributed by atoms with E-state index in [2.05, 4.69) is 39.2 Å². The van der Waals surface area contributed by atoms with Gasteiger partial charge in [-0.3, -0.25) is 9.69 Å². The third-order valence-corrected chi connectivity index (χ3v) is 6.37. The Bertz CT molecular complexity index is 1030. The molecule has 3 aromatic rings. The lowest BCUT2D eigenvalue weighted by Crippen LogP contribution is -2.44. The van der Waals surface area contributed by atoms with Crippen molar-refractivity contribution in [2.24, 2.45) is 0 Å². The number of ether oxygens (including phenoxy) is 2. The third kappa shape index (κ3) is 6.06. The Morgan fingerprint density at radius 2 is 2.00 bits per heavy atom. The molecule has 0 radical (unpaired) electrons. The van der Waals surface area contributed by atoms with Gasteiger partial charge in [-0.2, -0.15) is 0 Å². The summed E-state index contributed by atoms with van der Waals surface area (Å²) >= 11 is 2.61. The number of amides is 1. The van der Waals surface area contributed by atoms with Crippen LogP contribution >= 0.6 is 23.1 Å². The van der Waals surface area contributed by atoms with Gasteiger partial charge in [0.25, 0.3) is 5.22 Å². The summed E-state index contributed by atoms with van der Waals surface area (Å²) in [5.41, 5.74) is 1.73.